The van der Waals surface area contributed by atoms with Crippen LogP contribution in [0.15, 0.2) is 30.3 Å². The molecule has 1 aliphatic rings. The van der Waals surface area contributed by atoms with Gasteiger partial charge in [0.15, 0.2) is 11.9 Å². The third-order valence-corrected chi connectivity index (χ3v) is 3.70. The number of hydrogen-bond donors (Lipinski definition) is 6. The number of rotatable bonds is 4. The van der Waals surface area contributed by atoms with Crippen LogP contribution in [0, 0.1) is 0 Å². The van der Waals surface area contributed by atoms with Crippen molar-refractivity contribution in [3.05, 3.63) is 35.9 Å². The molecule has 8 heteroatoms. The smallest absolute Gasteiger partial charge is 0.249 e. The van der Waals surface area contributed by atoms with Gasteiger partial charge in [0.1, 0.15) is 24.1 Å². The third-order valence-electron chi connectivity index (χ3n) is 3.70. The van der Waals surface area contributed by atoms with E-state index in [1.54, 1.807) is 18.2 Å². The number of aliphatic hydroxyl groups excluding tert-OH is 3. The molecule has 1 fully saturated rings. The summed E-state index contributed by atoms with van der Waals surface area (Å²) < 4.78 is 5.01. The van der Waals surface area contributed by atoms with Gasteiger partial charge in [-0.2, -0.15) is 0 Å². The van der Waals surface area contributed by atoms with Gasteiger partial charge in [0, 0.05) is 12.0 Å². The summed E-state index contributed by atoms with van der Waals surface area (Å²) in [5.41, 5.74) is 5.51. The van der Waals surface area contributed by atoms with Crippen molar-refractivity contribution in [2.75, 3.05) is 0 Å². The zero-order valence-corrected chi connectivity index (χ0v) is 12.1. The fourth-order valence-corrected chi connectivity index (χ4v) is 2.37. The summed E-state index contributed by atoms with van der Waals surface area (Å²) in [6, 6.07) is 6.44. The summed E-state index contributed by atoms with van der Waals surface area (Å²) >= 11 is 0. The van der Waals surface area contributed by atoms with E-state index in [2.05, 4.69) is 0 Å². The van der Waals surface area contributed by atoms with E-state index >= 15 is 0 Å². The molecule has 1 saturated heterocycles. The number of hydrogen-bond acceptors (Lipinski definition) is 7. The highest BCUT2D eigenvalue weighted by atomic mass is 16.7. The van der Waals surface area contributed by atoms with Gasteiger partial charge in [0.05, 0.1) is 0 Å². The number of phenols is 1. The fourth-order valence-electron chi connectivity index (χ4n) is 2.37. The Morgan fingerprint density at radius 3 is 2.52 bits per heavy atom. The zero-order chi connectivity index (χ0) is 17.2. The molecule has 0 aliphatic carbocycles. The molecule has 23 heavy (non-hydrogen) atoms. The Bertz CT molecular complexity index is 605. The lowest BCUT2D eigenvalue weighted by atomic mass is 9.90. The monoisotopic (exact) mass is 325 g/mol. The van der Waals surface area contributed by atoms with E-state index < -0.39 is 36.1 Å². The minimum Gasteiger partial charge on any atom is -0.507 e. The standard InChI is InChI=1S/C15H19NO7/c16-14(21)12-10(18)11(19)13(20)15(22,23-12)7-3-5-8-4-1-2-6-9(8)17/h1-6,10-13,17-20,22H,7H2,(H2,16,21)/t10-,11-,12-,13+,15+/m0/s1. The molecule has 0 bridgehead atoms. The quantitative estimate of drug-likeness (QED) is 0.392. The van der Waals surface area contributed by atoms with E-state index in [1.165, 1.54) is 18.2 Å². The van der Waals surface area contributed by atoms with Gasteiger partial charge in [-0.05, 0) is 6.07 Å². The summed E-state index contributed by atoms with van der Waals surface area (Å²) in [4.78, 5) is 11.2. The molecule has 0 saturated carbocycles. The highest BCUT2D eigenvalue weighted by Gasteiger charge is 2.53. The Morgan fingerprint density at radius 2 is 1.91 bits per heavy atom. The van der Waals surface area contributed by atoms with Crippen LogP contribution in [0.1, 0.15) is 12.0 Å². The highest BCUT2D eigenvalue weighted by Crippen LogP contribution is 2.31. The number of amides is 1. The summed E-state index contributed by atoms with van der Waals surface area (Å²) in [5.74, 6) is -3.36. The molecule has 1 heterocycles. The zero-order valence-electron chi connectivity index (χ0n) is 12.1. The lowest BCUT2D eigenvalue weighted by Gasteiger charge is -2.44. The van der Waals surface area contributed by atoms with E-state index in [9.17, 15) is 30.3 Å². The van der Waals surface area contributed by atoms with Crippen LogP contribution in [-0.4, -0.2) is 61.6 Å². The molecule has 2 rings (SSSR count). The van der Waals surface area contributed by atoms with Crippen LogP contribution in [0.2, 0.25) is 0 Å². The van der Waals surface area contributed by atoms with Crippen LogP contribution in [0.5, 0.6) is 5.75 Å². The van der Waals surface area contributed by atoms with E-state index in [1.807, 2.05) is 0 Å². The maximum atomic E-state index is 11.2. The molecule has 1 aromatic carbocycles. The van der Waals surface area contributed by atoms with Gasteiger partial charge in [-0.3, -0.25) is 4.79 Å². The maximum absolute atomic E-state index is 11.2. The molecule has 1 aliphatic heterocycles. The number of phenolic OH excluding ortho intramolecular Hbond substituents is 1. The van der Waals surface area contributed by atoms with Crippen molar-refractivity contribution in [2.24, 2.45) is 5.73 Å². The van der Waals surface area contributed by atoms with E-state index in [4.69, 9.17) is 10.5 Å². The molecule has 0 radical (unpaired) electrons. The van der Waals surface area contributed by atoms with Crippen LogP contribution >= 0.6 is 0 Å². The van der Waals surface area contributed by atoms with Gasteiger partial charge >= 0.3 is 0 Å². The molecule has 0 unspecified atom stereocenters. The SMILES string of the molecule is NC(=O)[C@H]1O[C@](O)(CC=Cc2ccccc2O)[C@H](O)[C@@H](O)[C@@H]1O. The minimum atomic E-state index is -2.31. The molecular formula is C15H19NO7. The maximum Gasteiger partial charge on any atom is 0.249 e. The molecule has 126 valence electrons. The number of nitrogens with two attached hydrogens (primary N) is 1. The second-order valence-electron chi connectivity index (χ2n) is 5.38. The molecule has 0 aromatic heterocycles. The van der Waals surface area contributed by atoms with Gasteiger partial charge in [-0.25, -0.2) is 0 Å². The van der Waals surface area contributed by atoms with Crippen molar-refractivity contribution in [3.8, 4) is 5.75 Å². The van der Waals surface area contributed by atoms with Crippen molar-refractivity contribution in [3.63, 3.8) is 0 Å². The molecule has 1 amide bonds. The average molecular weight is 325 g/mol. The van der Waals surface area contributed by atoms with Crippen LogP contribution in [0.4, 0.5) is 0 Å². The molecule has 1 aromatic rings. The molecule has 0 spiro atoms. The van der Waals surface area contributed by atoms with E-state index in [0.29, 0.717) is 5.56 Å². The lowest BCUT2D eigenvalue weighted by Crippen LogP contribution is -2.66. The number of benzene rings is 1. The summed E-state index contributed by atoms with van der Waals surface area (Å²) in [7, 11) is 0. The third kappa shape index (κ3) is 3.52. The van der Waals surface area contributed by atoms with Crippen LogP contribution < -0.4 is 5.73 Å². The number of carbonyl (C=O) groups is 1. The Balaban J connectivity index is 2.16. The first kappa shape index (κ1) is 17.4. The number of aromatic hydroxyl groups is 1. The Kier molecular flexibility index (Phi) is 5.03. The Labute approximate surface area is 132 Å². The van der Waals surface area contributed by atoms with E-state index in [-0.39, 0.29) is 12.2 Å². The van der Waals surface area contributed by atoms with Crippen molar-refractivity contribution in [1.82, 2.24) is 0 Å². The van der Waals surface area contributed by atoms with Gasteiger partial charge in [0.2, 0.25) is 5.91 Å². The van der Waals surface area contributed by atoms with Gasteiger partial charge in [-0.15, -0.1) is 0 Å². The van der Waals surface area contributed by atoms with Crippen LogP contribution in [0.25, 0.3) is 6.08 Å². The van der Waals surface area contributed by atoms with Crippen molar-refractivity contribution in [1.29, 1.82) is 0 Å². The number of primary amides is 1. The number of carbonyl (C=O) groups excluding carboxylic acids is 1. The topological polar surface area (TPSA) is 153 Å². The molecular weight excluding hydrogens is 306 g/mol. The number of para-hydroxylation sites is 1. The number of aliphatic hydroxyl groups is 4. The summed E-state index contributed by atoms with van der Waals surface area (Å²) in [5, 5.41) is 49.3. The Morgan fingerprint density at radius 1 is 1.26 bits per heavy atom. The minimum absolute atomic E-state index is 0.0197. The molecule has 7 N–H and O–H groups in total. The van der Waals surface area contributed by atoms with Gasteiger partial charge in [-0.1, -0.05) is 30.4 Å². The van der Waals surface area contributed by atoms with Gasteiger partial charge in [0.25, 0.3) is 0 Å². The van der Waals surface area contributed by atoms with Crippen LogP contribution in [-0.2, 0) is 9.53 Å². The molecule has 5 atom stereocenters. The van der Waals surface area contributed by atoms with Crippen molar-refractivity contribution < 1.29 is 35.1 Å². The van der Waals surface area contributed by atoms with E-state index in [0.717, 1.165) is 0 Å². The average Bonchev–Trinajstić information content (AvgIpc) is 2.51. The Hall–Kier alpha value is -1.97. The summed E-state index contributed by atoms with van der Waals surface area (Å²) in [6.07, 6.45) is -4.49. The predicted octanol–water partition coefficient (Wildman–Crippen LogP) is -1.55. The lowest BCUT2D eigenvalue weighted by molar-refractivity contribution is -0.336. The van der Waals surface area contributed by atoms with Crippen LogP contribution in [0.3, 0.4) is 0 Å². The van der Waals surface area contributed by atoms with Gasteiger partial charge < -0.3 is 36.0 Å². The summed E-state index contributed by atoms with van der Waals surface area (Å²) in [6.45, 7) is 0. The van der Waals surface area contributed by atoms with Crippen molar-refractivity contribution >= 4 is 12.0 Å². The fraction of sp³-hybridized carbons (Fsp3) is 0.400. The predicted molar refractivity (Wildman–Crippen MR) is 78.8 cm³/mol. The largest absolute Gasteiger partial charge is 0.507 e. The normalized spacial score (nSPS) is 34.6. The second kappa shape index (κ2) is 6.65. The second-order valence-corrected chi connectivity index (χ2v) is 5.38. The first-order chi connectivity index (χ1) is 10.8. The first-order valence-electron chi connectivity index (χ1n) is 6.94. The number of ether oxygens (including phenoxy) is 1. The van der Waals surface area contributed by atoms with Crippen molar-refractivity contribution in [2.45, 2.75) is 36.6 Å². The first-order valence-corrected chi connectivity index (χ1v) is 6.94. The highest BCUT2D eigenvalue weighted by molar-refractivity contribution is 5.79. The molecule has 8 nitrogen and oxygen atoms in total.